The first-order valence-electron chi connectivity index (χ1n) is 8.75. The fraction of sp³-hybridized carbons (Fsp3) is 0.611. The van der Waals surface area contributed by atoms with Gasteiger partial charge >= 0.3 is 6.61 Å². The number of halogens is 2. The van der Waals surface area contributed by atoms with E-state index in [0.717, 1.165) is 19.3 Å². The quantitative estimate of drug-likeness (QED) is 0.834. The summed E-state index contributed by atoms with van der Waals surface area (Å²) in [4.78, 5) is 14.4. The zero-order valence-electron chi connectivity index (χ0n) is 14.7. The average molecular weight is 370 g/mol. The fourth-order valence-corrected chi connectivity index (χ4v) is 3.85. The van der Waals surface area contributed by atoms with Crippen LogP contribution in [0.5, 0.6) is 5.75 Å². The first kappa shape index (κ1) is 19.0. The van der Waals surface area contributed by atoms with Gasteiger partial charge in [-0.3, -0.25) is 9.69 Å². The molecule has 3 rings (SSSR count). The maximum absolute atomic E-state index is 12.5. The molecule has 1 spiro atoms. The monoisotopic (exact) mass is 370 g/mol. The number of rotatable bonds is 6. The number of benzene rings is 1. The highest BCUT2D eigenvalue weighted by atomic mass is 19.3. The van der Waals surface area contributed by atoms with E-state index in [9.17, 15) is 13.6 Å². The maximum atomic E-state index is 12.5. The van der Waals surface area contributed by atoms with Gasteiger partial charge < -0.3 is 19.5 Å². The molecule has 2 atom stereocenters. The van der Waals surface area contributed by atoms with Crippen molar-refractivity contribution in [2.24, 2.45) is 0 Å². The zero-order chi connectivity index (χ0) is 18.6. The number of carbonyl (C=O) groups is 1. The van der Waals surface area contributed by atoms with Gasteiger partial charge in [0.2, 0.25) is 5.91 Å². The average Bonchev–Trinajstić information content (AvgIpc) is 3.05. The number of methoxy groups -OCH3 is 1. The minimum atomic E-state index is -2.94. The SMILES string of the molecule is CO[C@@H]1CCN(CC(=O)Nc2ccccc2OC(F)F)C[C@@]12CCCO2. The summed E-state index contributed by atoms with van der Waals surface area (Å²) in [5.74, 6) is -0.330. The number of anilines is 1. The van der Waals surface area contributed by atoms with Crippen molar-refractivity contribution in [2.75, 3.05) is 38.7 Å². The Kier molecular flexibility index (Phi) is 6.05. The minimum Gasteiger partial charge on any atom is -0.433 e. The summed E-state index contributed by atoms with van der Waals surface area (Å²) in [6.07, 6.45) is 2.71. The van der Waals surface area contributed by atoms with Gasteiger partial charge in [0, 0.05) is 26.8 Å². The molecule has 2 saturated heterocycles. The lowest BCUT2D eigenvalue weighted by atomic mass is 9.87. The molecular formula is C18H24F2N2O4. The number of ether oxygens (including phenoxy) is 3. The molecule has 2 aliphatic rings. The number of carbonyl (C=O) groups excluding carboxylic acids is 1. The van der Waals surface area contributed by atoms with Gasteiger partial charge in [-0.2, -0.15) is 8.78 Å². The minimum absolute atomic E-state index is 0.0319. The molecule has 8 heteroatoms. The predicted molar refractivity (Wildman–Crippen MR) is 91.5 cm³/mol. The number of piperidine rings is 1. The first-order chi connectivity index (χ1) is 12.5. The van der Waals surface area contributed by atoms with Crippen molar-refractivity contribution < 1.29 is 27.8 Å². The van der Waals surface area contributed by atoms with Crippen molar-refractivity contribution in [1.82, 2.24) is 4.90 Å². The van der Waals surface area contributed by atoms with Crippen LogP contribution in [-0.2, 0) is 14.3 Å². The van der Waals surface area contributed by atoms with E-state index in [0.29, 0.717) is 19.7 Å². The Balaban J connectivity index is 1.60. The molecule has 0 saturated carbocycles. The Labute approximate surface area is 151 Å². The largest absolute Gasteiger partial charge is 0.433 e. The number of amides is 1. The molecule has 2 heterocycles. The van der Waals surface area contributed by atoms with Crippen LogP contribution in [0.25, 0.3) is 0 Å². The van der Waals surface area contributed by atoms with Gasteiger partial charge in [-0.15, -0.1) is 0 Å². The molecule has 1 amide bonds. The van der Waals surface area contributed by atoms with Crippen LogP contribution in [0.3, 0.4) is 0 Å². The van der Waals surface area contributed by atoms with Crippen LogP contribution in [0.2, 0.25) is 0 Å². The van der Waals surface area contributed by atoms with E-state index in [1.165, 1.54) is 12.1 Å². The fourth-order valence-electron chi connectivity index (χ4n) is 3.85. The zero-order valence-corrected chi connectivity index (χ0v) is 14.7. The standard InChI is InChI=1S/C18H24F2N2O4/c1-24-15-7-9-22(12-18(15)8-4-10-25-18)11-16(23)21-13-5-2-3-6-14(13)26-17(19)20/h2-3,5-6,15,17H,4,7-12H2,1H3,(H,21,23)/t15-,18+/m1/s1. The molecule has 26 heavy (non-hydrogen) atoms. The highest BCUT2D eigenvalue weighted by molar-refractivity contribution is 5.93. The lowest BCUT2D eigenvalue weighted by molar-refractivity contribution is -0.146. The van der Waals surface area contributed by atoms with E-state index in [1.54, 1.807) is 19.2 Å². The lowest BCUT2D eigenvalue weighted by Gasteiger charge is -2.44. The van der Waals surface area contributed by atoms with Gasteiger partial charge in [0.1, 0.15) is 11.4 Å². The summed E-state index contributed by atoms with van der Waals surface area (Å²) in [6, 6.07) is 6.16. The summed E-state index contributed by atoms with van der Waals surface area (Å²) in [5, 5.41) is 2.66. The topological polar surface area (TPSA) is 60.0 Å². The summed E-state index contributed by atoms with van der Waals surface area (Å²) in [6.45, 7) is -0.746. The number of para-hydroxylation sites is 2. The van der Waals surface area contributed by atoms with E-state index in [1.807, 2.05) is 4.90 Å². The van der Waals surface area contributed by atoms with Crippen LogP contribution in [0.4, 0.5) is 14.5 Å². The third kappa shape index (κ3) is 4.31. The smallest absolute Gasteiger partial charge is 0.387 e. The molecule has 0 aliphatic carbocycles. The molecule has 0 radical (unpaired) electrons. The second-order valence-electron chi connectivity index (χ2n) is 6.66. The Morgan fingerprint density at radius 3 is 2.96 bits per heavy atom. The third-order valence-corrected chi connectivity index (χ3v) is 4.95. The Bertz CT molecular complexity index is 623. The molecule has 1 aromatic rings. The second-order valence-corrected chi connectivity index (χ2v) is 6.66. The number of hydrogen-bond donors (Lipinski definition) is 1. The number of hydrogen-bond acceptors (Lipinski definition) is 5. The van der Waals surface area contributed by atoms with Crippen LogP contribution in [0, 0.1) is 0 Å². The molecule has 0 aromatic heterocycles. The molecule has 0 unspecified atom stereocenters. The molecule has 6 nitrogen and oxygen atoms in total. The number of nitrogens with zero attached hydrogens (tertiary/aromatic N) is 1. The normalized spacial score (nSPS) is 26.4. The van der Waals surface area contributed by atoms with Crippen molar-refractivity contribution in [3.8, 4) is 5.75 Å². The molecule has 2 aliphatic heterocycles. The number of likely N-dealkylation sites (tertiary alicyclic amines) is 1. The molecule has 1 aromatic carbocycles. The van der Waals surface area contributed by atoms with Gasteiger partial charge in [-0.1, -0.05) is 12.1 Å². The molecule has 144 valence electrons. The predicted octanol–water partition coefficient (Wildman–Crippen LogP) is 2.50. The van der Waals surface area contributed by atoms with Crippen LogP contribution in [0.15, 0.2) is 24.3 Å². The van der Waals surface area contributed by atoms with E-state index in [2.05, 4.69) is 10.1 Å². The third-order valence-electron chi connectivity index (χ3n) is 4.95. The highest BCUT2D eigenvalue weighted by Gasteiger charge is 2.47. The number of nitrogens with one attached hydrogen (secondary N) is 1. The molecular weight excluding hydrogens is 346 g/mol. The molecule has 0 bridgehead atoms. The second kappa shape index (κ2) is 8.28. The van der Waals surface area contributed by atoms with Crippen LogP contribution < -0.4 is 10.1 Å². The van der Waals surface area contributed by atoms with E-state index in [4.69, 9.17) is 9.47 Å². The van der Waals surface area contributed by atoms with Gasteiger partial charge in [0.25, 0.3) is 0 Å². The van der Waals surface area contributed by atoms with Crippen molar-refractivity contribution in [3.05, 3.63) is 24.3 Å². The van der Waals surface area contributed by atoms with Gasteiger partial charge in [0.05, 0.1) is 18.3 Å². The number of alkyl halides is 2. The lowest BCUT2D eigenvalue weighted by Crippen LogP contribution is -2.58. The van der Waals surface area contributed by atoms with E-state index < -0.39 is 6.61 Å². The van der Waals surface area contributed by atoms with Crippen molar-refractivity contribution in [1.29, 1.82) is 0 Å². The highest BCUT2D eigenvalue weighted by Crippen LogP contribution is 2.36. The van der Waals surface area contributed by atoms with Crippen LogP contribution in [-0.4, -0.2) is 62.5 Å². The van der Waals surface area contributed by atoms with Gasteiger partial charge in [0.15, 0.2) is 0 Å². The van der Waals surface area contributed by atoms with Crippen LogP contribution >= 0.6 is 0 Å². The van der Waals surface area contributed by atoms with Crippen LogP contribution in [0.1, 0.15) is 19.3 Å². The first-order valence-corrected chi connectivity index (χ1v) is 8.75. The maximum Gasteiger partial charge on any atom is 0.387 e. The van der Waals surface area contributed by atoms with Gasteiger partial charge in [-0.25, -0.2) is 0 Å². The van der Waals surface area contributed by atoms with Crippen molar-refractivity contribution >= 4 is 11.6 Å². The van der Waals surface area contributed by atoms with E-state index in [-0.39, 0.29) is 35.6 Å². The summed E-state index contributed by atoms with van der Waals surface area (Å²) in [5.41, 5.74) is -0.124. The Morgan fingerprint density at radius 1 is 1.46 bits per heavy atom. The summed E-state index contributed by atoms with van der Waals surface area (Å²) < 4.78 is 41.0. The summed E-state index contributed by atoms with van der Waals surface area (Å²) >= 11 is 0. The van der Waals surface area contributed by atoms with Crippen molar-refractivity contribution in [3.63, 3.8) is 0 Å². The van der Waals surface area contributed by atoms with E-state index >= 15 is 0 Å². The van der Waals surface area contributed by atoms with Gasteiger partial charge in [-0.05, 0) is 31.4 Å². The Morgan fingerprint density at radius 2 is 2.27 bits per heavy atom. The molecule has 1 N–H and O–H groups in total. The van der Waals surface area contributed by atoms with Crippen molar-refractivity contribution in [2.45, 2.75) is 37.6 Å². The molecule has 2 fully saturated rings. The summed E-state index contributed by atoms with van der Waals surface area (Å²) in [7, 11) is 1.69. The Hall–Kier alpha value is -1.77.